The van der Waals surface area contributed by atoms with E-state index in [9.17, 15) is 3.44 Å². The van der Waals surface area contributed by atoms with Crippen LogP contribution in [0.4, 0.5) is 0 Å². The molecule has 0 atom stereocenters. The van der Waals surface area contributed by atoms with Crippen molar-refractivity contribution < 1.29 is 6.07 Å². The van der Waals surface area contributed by atoms with E-state index >= 15 is 0 Å². The van der Waals surface area contributed by atoms with Gasteiger partial charge in [-0.05, 0) is 10.9 Å². The van der Waals surface area contributed by atoms with Crippen molar-refractivity contribution in [2.45, 2.75) is 0 Å². The number of hydrogen-bond donors (Lipinski definition) is 0. The zero-order valence-electron chi connectivity index (χ0n) is 5.86. The molecule has 0 unspecified atom stereocenters. The molecule has 0 fully saturated rings. The molecule has 0 rings (SSSR count). The van der Waals surface area contributed by atoms with E-state index in [4.69, 9.17) is 17.8 Å². The summed E-state index contributed by atoms with van der Waals surface area (Å²) in [5.41, 5.74) is 0. The fourth-order valence-corrected chi connectivity index (χ4v) is 0. The van der Waals surface area contributed by atoms with Gasteiger partial charge >= 0.3 is 52.7 Å². The third-order valence-corrected chi connectivity index (χ3v) is 4.15. The molecule has 0 aliphatic rings. The van der Waals surface area contributed by atoms with Crippen LogP contribution in [0, 0.1) is 0 Å². The Morgan fingerprint density at radius 1 is 1.30 bits per heavy atom. The van der Waals surface area contributed by atoms with E-state index in [1.807, 2.05) is 0 Å². The van der Waals surface area contributed by atoms with Gasteiger partial charge in [0.1, 0.15) is 0 Å². The quantitative estimate of drug-likeness (QED) is 0.528. The van der Waals surface area contributed by atoms with Crippen molar-refractivity contribution in [3.05, 3.63) is 0 Å². The van der Waals surface area contributed by atoms with E-state index in [-0.39, 0.29) is 0 Å². The molecule has 0 saturated heterocycles. The van der Waals surface area contributed by atoms with Crippen LogP contribution >= 0.6 is 29.7 Å². The first-order valence-electron chi connectivity index (χ1n) is 2.17. The Hall–Kier alpha value is 1.94. The monoisotopic (exact) mass is 334 g/mol. The Morgan fingerprint density at radius 3 is 1.40 bits per heavy atom. The molecule has 0 bridgehead atoms. The summed E-state index contributed by atoms with van der Waals surface area (Å²) in [7, 11) is 10.2. The van der Waals surface area contributed by atoms with Gasteiger partial charge in [-0.2, -0.15) is 0 Å². The third kappa shape index (κ3) is 32.6. The minimum absolute atomic E-state index is 0.639. The summed E-state index contributed by atoms with van der Waals surface area (Å²) < 4.78 is 13.5. The molecule has 0 amide bonds. The van der Waals surface area contributed by atoms with Gasteiger partial charge in [-0.25, -0.2) is 0 Å². The Morgan fingerprint density at radius 2 is 1.40 bits per heavy atom. The summed E-state index contributed by atoms with van der Waals surface area (Å²) in [5.74, 6) is 0. The van der Waals surface area contributed by atoms with E-state index in [1.165, 1.54) is 0 Å². The molecule has 0 aromatic carbocycles. The van der Waals surface area contributed by atoms with E-state index in [2.05, 4.69) is 33.3 Å². The average molecular weight is 334 g/mol. The van der Waals surface area contributed by atoms with Crippen molar-refractivity contribution in [2.75, 3.05) is 18.8 Å². The summed E-state index contributed by atoms with van der Waals surface area (Å²) in [6, 6.07) is 0. The van der Waals surface area contributed by atoms with Crippen LogP contribution in [-0.4, -0.2) is 35.7 Å². The van der Waals surface area contributed by atoms with Gasteiger partial charge < -0.3 is 0 Å². The second-order valence-electron chi connectivity index (χ2n) is 1.77. The molecule has 0 aliphatic heterocycles. The van der Waals surface area contributed by atoms with Gasteiger partial charge in [0, 0.05) is 0 Å². The third-order valence-electron chi connectivity index (χ3n) is 0.0898. The van der Waals surface area contributed by atoms with Gasteiger partial charge in [0.25, 0.3) is 0 Å². The van der Waals surface area contributed by atoms with Crippen molar-refractivity contribution >= 4 is 57.6 Å². The molecule has 0 aromatic rings. The van der Waals surface area contributed by atoms with Gasteiger partial charge in [0.05, 0.1) is 18.8 Å². The van der Waals surface area contributed by atoms with Crippen LogP contribution in [0.15, 0.2) is 0 Å². The SMILES string of the molecule is C[S+](C)C.[O-][Sn]([Cl])([Cl])[O]Cl. The first-order valence-corrected chi connectivity index (χ1v) is 14.5. The second kappa shape index (κ2) is 7.58. The maximum absolute atomic E-state index is 9.86. The Labute approximate surface area is 81.7 Å². The molecule has 64 valence electrons. The van der Waals surface area contributed by atoms with Crippen molar-refractivity contribution in [1.82, 2.24) is 0 Å². The fourth-order valence-electron chi connectivity index (χ4n) is 0. The van der Waals surface area contributed by atoms with Crippen molar-refractivity contribution in [1.29, 1.82) is 0 Å². The summed E-state index contributed by atoms with van der Waals surface area (Å²) in [6.45, 7) is 0. The molecule has 7 heteroatoms. The minimum atomic E-state index is -4.27. The first kappa shape index (κ1) is 14.5. The summed E-state index contributed by atoms with van der Waals surface area (Å²) in [5, 5.41) is 0. The number of rotatable bonds is 1. The van der Waals surface area contributed by atoms with Crippen LogP contribution in [0.3, 0.4) is 0 Å². The van der Waals surface area contributed by atoms with Gasteiger partial charge in [0.15, 0.2) is 0 Å². The van der Waals surface area contributed by atoms with Gasteiger partial charge in [-0.3, -0.25) is 0 Å². The zero-order chi connectivity index (χ0) is 8.78. The molecule has 0 spiro atoms. The predicted molar refractivity (Wildman–Crippen MR) is 49.5 cm³/mol. The standard InChI is InChI=1S/C3H9S.ClO.2ClH.O.Sn/c1-4(2)3;1-2;;;;/h1-3H3;;2*1H;;/q+1;-1;;;-1;+3/p-2. The van der Waals surface area contributed by atoms with Crippen LogP contribution in [0.25, 0.3) is 0 Å². The molecule has 10 heavy (non-hydrogen) atoms. The maximum atomic E-state index is 9.86. The molecule has 0 N–H and O–H groups in total. The van der Waals surface area contributed by atoms with Gasteiger partial charge in [0.2, 0.25) is 0 Å². The predicted octanol–water partition coefficient (Wildman–Crippen LogP) is 0.924. The van der Waals surface area contributed by atoms with Crippen LogP contribution in [-0.2, 0) is 13.5 Å². The van der Waals surface area contributed by atoms with Crippen molar-refractivity contribution in [3.63, 3.8) is 0 Å². The molecular weight excluding hydrogens is 325 g/mol. The number of halogens is 3. The van der Waals surface area contributed by atoms with Crippen molar-refractivity contribution in [3.8, 4) is 0 Å². The Bertz CT molecular complexity index is 73.9. The second-order valence-corrected chi connectivity index (χ2v) is 16.3. The first-order chi connectivity index (χ1) is 4.29. The normalized spacial score (nSPS) is 10.8. The molecule has 0 aromatic heterocycles. The summed E-state index contributed by atoms with van der Waals surface area (Å²) in [4.78, 5) is 0. The van der Waals surface area contributed by atoms with Crippen LogP contribution in [0.2, 0.25) is 0 Å². The van der Waals surface area contributed by atoms with E-state index in [0.29, 0.717) is 10.9 Å². The van der Waals surface area contributed by atoms with E-state index in [1.54, 1.807) is 0 Å². The van der Waals surface area contributed by atoms with E-state index in [0.717, 1.165) is 0 Å². The topological polar surface area (TPSA) is 32.3 Å². The summed E-state index contributed by atoms with van der Waals surface area (Å²) in [6.07, 6.45) is 6.58. The Balaban J connectivity index is 0. The summed E-state index contributed by atoms with van der Waals surface area (Å²) >= 11 is 0.223. The van der Waals surface area contributed by atoms with Crippen LogP contribution < -0.4 is 3.44 Å². The molecule has 0 saturated carbocycles. The fraction of sp³-hybridized carbons (Fsp3) is 1.00. The van der Waals surface area contributed by atoms with Crippen LogP contribution in [0.5, 0.6) is 0 Å². The molecule has 2 nitrogen and oxygen atoms in total. The van der Waals surface area contributed by atoms with Gasteiger partial charge in [-0.15, -0.1) is 0 Å². The molecule has 0 aliphatic carbocycles. The van der Waals surface area contributed by atoms with E-state index < -0.39 is 17.0 Å². The Kier molecular flexibility index (Phi) is 11.0. The molecule has 0 radical (unpaired) electrons. The van der Waals surface area contributed by atoms with Gasteiger partial charge in [-0.1, -0.05) is 0 Å². The number of hydrogen-bond acceptors (Lipinski definition) is 2. The molecular formula is C3H9Cl3O2SSn. The van der Waals surface area contributed by atoms with Crippen molar-refractivity contribution in [2.24, 2.45) is 0 Å². The molecule has 0 heterocycles. The zero-order valence-corrected chi connectivity index (χ0v) is 11.8. The van der Waals surface area contributed by atoms with Crippen LogP contribution in [0.1, 0.15) is 0 Å². The average Bonchev–Trinajstić information content (AvgIpc) is 1.63.